The number of rotatable bonds is 7. The number of carbonyl (C=O) groups is 1. The van der Waals surface area contributed by atoms with E-state index in [2.05, 4.69) is 26.0 Å². The van der Waals surface area contributed by atoms with Gasteiger partial charge in [-0.3, -0.25) is 4.79 Å². The van der Waals surface area contributed by atoms with Crippen molar-refractivity contribution in [3.63, 3.8) is 0 Å². The molecule has 4 heteroatoms. The zero-order valence-corrected chi connectivity index (χ0v) is 17.5. The molecule has 3 rings (SSSR count). The fourth-order valence-corrected chi connectivity index (χ4v) is 6.55. The lowest BCUT2D eigenvalue weighted by Gasteiger charge is -2.63. The molecule has 0 saturated heterocycles. The van der Waals surface area contributed by atoms with Gasteiger partial charge in [-0.15, -0.1) is 0 Å². The van der Waals surface area contributed by atoms with Gasteiger partial charge in [-0.25, -0.2) is 0 Å². The highest BCUT2D eigenvalue weighted by molar-refractivity contribution is 5.66. The lowest BCUT2D eigenvalue weighted by atomic mass is 9.41. The second-order valence-electron chi connectivity index (χ2n) is 9.37. The van der Waals surface area contributed by atoms with Crippen LogP contribution in [0.5, 0.6) is 0 Å². The first-order chi connectivity index (χ1) is 13.4. The maximum atomic E-state index is 10.9. The second kappa shape index (κ2) is 9.13. The van der Waals surface area contributed by atoms with Crippen LogP contribution in [0.15, 0.2) is 23.8 Å². The van der Waals surface area contributed by atoms with Gasteiger partial charge in [0.1, 0.15) is 0 Å². The summed E-state index contributed by atoms with van der Waals surface area (Å²) in [6.45, 7) is 4.45. The Labute approximate surface area is 169 Å². The predicted molar refractivity (Wildman–Crippen MR) is 111 cm³/mol. The smallest absolute Gasteiger partial charge is 0.303 e. The molecule has 3 fully saturated rings. The number of carboxylic acids is 1. The van der Waals surface area contributed by atoms with Crippen LogP contribution in [0.2, 0.25) is 0 Å². The number of fused-ring (bicyclic) bond motifs is 1. The Hall–Kier alpha value is -1.13. The van der Waals surface area contributed by atoms with Gasteiger partial charge in [0.15, 0.2) is 0 Å². The van der Waals surface area contributed by atoms with Gasteiger partial charge in [0.2, 0.25) is 0 Å². The van der Waals surface area contributed by atoms with E-state index in [1.807, 2.05) is 6.08 Å². The number of carboxylic acid groups (broad SMARTS) is 1. The van der Waals surface area contributed by atoms with E-state index in [0.29, 0.717) is 24.2 Å². The van der Waals surface area contributed by atoms with Gasteiger partial charge in [0.25, 0.3) is 0 Å². The molecule has 0 radical (unpaired) electrons. The molecule has 0 aromatic carbocycles. The second-order valence-corrected chi connectivity index (χ2v) is 9.37. The minimum absolute atomic E-state index is 0.0820. The number of allylic oxidation sites excluding steroid dienone is 2. The zero-order valence-electron chi connectivity index (χ0n) is 17.5. The number of aliphatic hydroxyl groups excluding tert-OH is 2. The molecule has 0 bridgehead atoms. The molecule has 28 heavy (non-hydrogen) atoms. The topological polar surface area (TPSA) is 77.8 Å². The Morgan fingerprint density at radius 2 is 1.96 bits per heavy atom. The standard InChI is InChI=1S/C24H38O4/c1-3-24-15-14-21(26)18(12-13-20(25)17-8-5-4-6-9-17)23(24)16(2)19(24)10-7-11-22(27)28/h10,12-13,16-18,20-21,23,25-26H,3-9,11,14-15H2,1-2H3,(H,27,28)/t16?,18-,20?,21+,23+,24+/m1/s1. The number of aliphatic carboxylic acids is 1. The van der Waals surface area contributed by atoms with Crippen LogP contribution in [0, 0.1) is 29.1 Å². The Balaban J connectivity index is 1.73. The number of aliphatic hydroxyl groups is 2. The molecule has 6 atom stereocenters. The fraction of sp³-hybridized carbons (Fsp3) is 0.792. The Morgan fingerprint density at radius 1 is 1.25 bits per heavy atom. The highest BCUT2D eigenvalue weighted by atomic mass is 16.4. The molecule has 158 valence electrons. The quantitative estimate of drug-likeness (QED) is 0.550. The molecule has 0 spiro atoms. The predicted octanol–water partition coefficient (Wildman–Crippen LogP) is 4.71. The average molecular weight is 391 g/mol. The van der Waals surface area contributed by atoms with E-state index in [1.165, 1.54) is 24.8 Å². The third kappa shape index (κ3) is 4.09. The first-order valence-corrected chi connectivity index (χ1v) is 11.4. The van der Waals surface area contributed by atoms with Crippen molar-refractivity contribution in [2.75, 3.05) is 0 Å². The summed E-state index contributed by atoms with van der Waals surface area (Å²) in [5.41, 5.74) is 1.50. The van der Waals surface area contributed by atoms with E-state index >= 15 is 0 Å². The fourth-order valence-electron chi connectivity index (χ4n) is 6.55. The van der Waals surface area contributed by atoms with Gasteiger partial charge >= 0.3 is 5.97 Å². The van der Waals surface area contributed by atoms with Crippen LogP contribution < -0.4 is 0 Å². The van der Waals surface area contributed by atoms with E-state index in [-0.39, 0.29) is 23.9 Å². The lowest BCUT2D eigenvalue weighted by Crippen LogP contribution is -2.57. The highest BCUT2D eigenvalue weighted by Crippen LogP contribution is 2.66. The minimum atomic E-state index is -0.748. The summed E-state index contributed by atoms with van der Waals surface area (Å²) in [6.07, 6.45) is 15.0. The molecule has 0 heterocycles. The molecule has 4 nitrogen and oxygen atoms in total. The van der Waals surface area contributed by atoms with Gasteiger partial charge in [-0.2, -0.15) is 0 Å². The lowest BCUT2D eigenvalue weighted by molar-refractivity contribution is -0.136. The number of hydrogen-bond acceptors (Lipinski definition) is 3. The maximum absolute atomic E-state index is 10.9. The summed E-state index contributed by atoms with van der Waals surface area (Å²) in [5.74, 6) is 0.449. The normalized spacial score (nSPS) is 38.9. The van der Waals surface area contributed by atoms with E-state index in [0.717, 1.165) is 32.1 Å². The van der Waals surface area contributed by atoms with Gasteiger partial charge < -0.3 is 15.3 Å². The van der Waals surface area contributed by atoms with Crippen molar-refractivity contribution in [3.05, 3.63) is 23.8 Å². The average Bonchev–Trinajstić information content (AvgIpc) is 2.70. The third-order valence-corrected chi connectivity index (χ3v) is 8.00. The summed E-state index contributed by atoms with van der Waals surface area (Å²) in [6, 6.07) is 0. The summed E-state index contributed by atoms with van der Waals surface area (Å²) in [7, 11) is 0. The molecule has 3 aliphatic rings. The Bertz CT molecular complexity index is 604. The van der Waals surface area contributed by atoms with Crippen LogP contribution in [-0.2, 0) is 4.79 Å². The van der Waals surface area contributed by atoms with Crippen LogP contribution in [0.4, 0.5) is 0 Å². The van der Waals surface area contributed by atoms with E-state index in [9.17, 15) is 15.0 Å². The van der Waals surface area contributed by atoms with Crippen molar-refractivity contribution in [3.8, 4) is 0 Å². The van der Waals surface area contributed by atoms with Gasteiger partial charge in [0.05, 0.1) is 12.2 Å². The third-order valence-electron chi connectivity index (χ3n) is 8.00. The molecule has 0 aliphatic heterocycles. The molecule has 0 aromatic rings. The van der Waals surface area contributed by atoms with Crippen LogP contribution in [-0.4, -0.2) is 33.5 Å². The summed E-state index contributed by atoms with van der Waals surface area (Å²) in [5, 5.41) is 30.3. The monoisotopic (exact) mass is 390 g/mol. The van der Waals surface area contributed by atoms with Crippen molar-refractivity contribution >= 4 is 5.97 Å². The summed E-state index contributed by atoms with van der Waals surface area (Å²) >= 11 is 0. The zero-order chi connectivity index (χ0) is 20.3. The summed E-state index contributed by atoms with van der Waals surface area (Å²) in [4.78, 5) is 10.9. The molecule has 3 saturated carbocycles. The van der Waals surface area contributed by atoms with Crippen LogP contribution in [0.1, 0.15) is 78.1 Å². The molecule has 3 aliphatic carbocycles. The van der Waals surface area contributed by atoms with Crippen molar-refractivity contribution in [2.45, 2.75) is 90.3 Å². The molecule has 2 unspecified atom stereocenters. The van der Waals surface area contributed by atoms with Gasteiger partial charge in [-0.1, -0.05) is 56.9 Å². The van der Waals surface area contributed by atoms with Gasteiger partial charge in [0, 0.05) is 12.3 Å². The molecule has 0 amide bonds. The van der Waals surface area contributed by atoms with Crippen molar-refractivity contribution in [1.82, 2.24) is 0 Å². The van der Waals surface area contributed by atoms with Crippen molar-refractivity contribution in [1.29, 1.82) is 0 Å². The highest BCUT2D eigenvalue weighted by Gasteiger charge is 2.59. The van der Waals surface area contributed by atoms with E-state index in [1.54, 1.807) is 0 Å². The molecule has 3 N–H and O–H groups in total. The number of hydrogen-bond donors (Lipinski definition) is 3. The molecular formula is C24H38O4. The summed E-state index contributed by atoms with van der Waals surface area (Å²) < 4.78 is 0. The maximum Gasteiger partial charge on any atom is 0.303 e. The van der Waals surface area contributed by atoms with E-state index in [4.69, 9.17) is 5.11 Å². The van der Waals surface area contributed by atoms with E-state index < -0.39 is 12.1 Å². The minimum Gasteiger partial charge on any atom is -0.481 e. The van der Waals surface area contributed by atoms with Crippen molar-refractivity contribution < 1.29 is 20.1 Å². The Kier molecular flexibility index (Phi) is 7.03. The first kappa shape index (κ1) is 21.6. The molecule has 0 aromatic heterocycles. The van der Waals surface area contributed by atoms with Crippen LogP contribution >= 0.6 is 0 Å². The first-order valence-electron chi connectivity index (χ1n) is 11.4. The largest absolute Gasteiger partial charge is 0.481 e. The Morgan fingerprint density at radius 3 is 2.61 bits per heavy atom. The van der Waals surface area contributed by atoms with Crippen LogP contribution in [0.25, 0.3) is 0 Å². The molecular weight excluding hydrogens is 352 g/mol. The SMILES string of the molecule is CC[C@@]12CC[C@H](O)[C@@H](C=CC(O)C3CCCCC3)[C@@H]1C(C)C2=CCCC(=O)O. The van der Waals surface area contributed by atoms with Gasteiger partial charge in [-0.05, 0) is 61.7 Å². The van der Waals surface area contributed by atoms with Crippen molar-refractivity contribution in [2.24, 2.45) is 29.1 Å². The van der Waals surface area contributed by atoms with Crippen LogP contribution in [0.3, 0.4) is 0 Å².